The van der Waals surface area contributed by atoms with Crippen molar-refractivity contribution in [3.05, 3.63) is 58.1 Å². The van der Waals surface area contributed by atoms with Gasteiger partial charge >= 0.3 is 0 Å². The Morgan fingerprint density at radius 2 is 1.79 bits per heavy atom. The lowest BCUT2D eigenvalue weighted by Crippen LogP contribution is -2.41. The van der Waals surface area contributed by atoms with Gasteiger partial charge in [0.1, 0.15) is 0 Å². The maximum atomic E-state index is 12.4. The number of nitrogens with one attached hydrogen (secondary N) is 1. The summed E-state index contributed by atoms with van der Waals surface area (Å²) in [6.45, 7) is 2.89. The molecule has 1 atom stereocenters. The van der Waals surface area contributed by atoms with Crippen LogP contribution in [0.15, 0.2) is 42.5 Å². The van der Waals surface area contributed by atoms with E-state index in [0.29, 0.717) is 15.6 Å². The normalized spacial score (nSPS) is 12.2. The van der Waals surface area contributed by atoms with Gasteiger partial charge in [-0.05, 0) is 44.3 Å². The molecule has 0 radical (unpaired) electrons. The van der Waals surface area contributed by atoms with E-state index in [2.05, 4.69) is 17.1 Å². The van der Waals surface area contributed by atoms with Crippen molar-refractivity contribution in [2.24, 2.45) is 0 Å². The average Bonchev–Trinajstić information content (AvgIpc) is 2.56. The molecule has 2 rings (SSSR count). The molecule has 0 heterocycles. The zero-order valence-electron chi connectivity index (χ0n) is 14.1. The Morgan fingerprint density at radius 3 is 2.38 bits per heavy atom. The Hall–Kier alpha value is -1.55. The summed E-state index contributed by atoms with van der Waals surface area (Å²) in [5.41, 5.74) is 2.42. The number of amides is 1. The molecule has 0 saturated heterocycles. The van der Waals surface area contributed by atoms with E-state index in [9.17, 15) is 4.79 Å². The number of nitrogens with zero attached hydrogens (tertiary/aromatic N) is 1. The molecule has 1 N–H and O–H groups in total. The molecule has 3 nitrogen and oxygen atoms in total. The van der Waals surface area contributed by atoms with E-state index in [-0.39, 0.29) is 11.9 Å². The number of benzene rings is 2. The first-order valence-electron chi connectivity index (χ1n) is 7.92. The SMILES string of the molecule is CCC(CN(C)C)NC(=O)c1ccc(-c2cccc(Cl)c2Cl)cc1. The molecule has 24 heavy (non-hydrogen) atoms. The fourth-order valence-electron chi connectivity index (χ4n) is 2.51. The van der Waals surface area contributed by atoms with Crippen molar-refractivity contribution in [2.45, 2.75) is 19.4 Å². The van der Waals surface area contributed by atoms with E-state index < -0.39 is 0 Å². The number of likely N-dealkylation sites (N-methyl/N-ethyl adjacent to an activating group) is 1. The van der Waals surface area contributed by atoms with Crippen LogP contribution in [-0.4, -0.2) is 37.5 Å². The van der Waals surface area contributed by atoms with Crippen molar-refractivity contribution in [3.63, 3.8) is 0 Å². The van der Waals surface area contributed by atoms with Gasteiger partial charge in [0.05, 0.1) is 10.0 Å². The highest BCUT2D eigenvalue weighted by molar-refractivity contribution is 6.43. The maximum Gasteiger partial charge on any atom is 0.251 e. The van der Waals surface area contributed by atoms with Crippen LogP contribution in [0.1, 0.15) is 23.7 Å². The molecule has 1 unspecified atom stereocenters. The van der Waals surface area contributed by atoms with E-state index in [0.717, 1.165) is 24.1 Å². The molecule has 0 aliphatic rings. The molecular weight excluding hydrogens is 343 g/mol. The second-order valence-electron chi connectivity index (χ2n) is 6.02. The largest absolute Gasteiger partial charge is 0.348 e. The summed E-state index contributed by atoms with van der Waals surface area (Å²) in [5, 5.41) is 4.11. The molecular formula is C19H22Cl2N2O. The third kappa shape index (κ3) is 4.73. The van der Waals surface area contributed by atoms with Gasteiger partial charge < -0.3 is 10.2 Å². The average molecular weight is 365 g/mol. The van der Waals surface area contributed by atoms with Crippen molar-refractivity contribution < 1.29 is 4.79 Å². The van der Waals surface area contributed by atoms with Crippen molar-refractivity contribution in [1.82, 2.24) is 10.2 Å². The lowest BCUT2D eigenvalue weighted by atomic mass is 10.0. The van der Waals surface area contributed by atoms with E-state index in [4.69, 9.17) is 23.2 Å². The van der Waals surface area contributed by atoms with Gasteiger partial charge in [-0.3, -0.25) is 4.79 Å². The topological polar surface area (TPSA) is 32.3 Å². The standard InChI is InChI=1S/C19H22Cl2N2O/c1-4-15(12-23(2)3)22-19(24)14-10-8-13(9-11-14)16-6-5-7-17(20)18(16)21/h5-11,15H,4,12H2,1-3H3,(H,22,24). The fraction of sp³-hybridized carbons (Fsp3) is 0.316. The first-order chi connectivity index (χ1) is 11.4. The second kappa shape index (κ2) is 8.52. The van der Waals surface area contributed by atoms with Crippen LogP contribution in [0.5, 0.6) is 0 Å². The van der Waals surface area contributed by atoms with Crippen LogP contribution in [-0.2, 0) is 0 Å². The van der Waals surface area contributed by atoms with Crippen LogP contribution < -0.4 is 5.32 Å². The minimum atomic E-state index is -0.0626. The summed E-state index contributed by atoms with van der Waals surface area (Å²) in [6.07, 6.45) is 0.889. The van der Waals surface area contributed by atoms with E-state index in [1.165, 1.54) is 0 Å². The Bertz CT molecular complexity index is 699. The van der Waals surface area contributed by atoms with E-state index in [1.807, 2.05) is 50.5 Å². The molecule has 1 amide bonds. The highest BCUT2D eigenvalue weighted by Gasteiger charge is 2.13. The van der Waals surface area contributed by atoms with Gasteiger partial charge in [-0.25, -0.2) is 0 Å². The first kappa shape index (κ1) is 18.8. The lowest BCUT2D eigenvalue weighted by molar-refractivity contribution is 0.0929. The highest BCUT2D eigenvalue weighted by atomic mass is 35.5. The molecule has 0 aliphatic heterocycles. The zero-order chi connectivity index (χ0) is 17.7. The molecule has 0 spiro atoms. The van der Waals surface area contributed by atoms with Crippen LogP contribution in [0.3, 0.4) is 0 Å². The van der Waals surface area contributed by atoms with Gasteiger partial charge in [0, 0.05) is 23.7 Å². The van der Waals surface area contributed by atoms with Crippen molar-refractivity contribution in [1.29, 1.82) is 0 Å². The van der Waals surface area contributed by atoms with Crippen molar-refractivity contribution in [3.8, 4) is 11.1 Å². The smallest absolute Gasteiger partial charge is 0.251 e. The maximum absolute atomic E-state index is 12.4. The summed E-state index contributed by atoms with van der Waals surface area (Å²) < 4.78 is 0. The van der Waals surface area contributed by atoms with E-state index in [1.54, 1.807) is 6.07 Å². The summed E-state index contributed by atoms with van der Waals surface area (Å²) >= 11 is 12.3. The molecule has 0 saturated carbocycles. The summed E-state index contributed by atoms with van der Waals surface area (Å²) in [4.78, 5) is 14.5. The van der Waals surface area contributed by atoms with Crippen LogP contribution in [0.2, 0.25) is 10.0 Å². The Morgan fingerprint density at radius 1 is 1.12 bits per heavy atom. The molecule has 0 fully saturated rings. The van der Waals surface area contributed by atoms with Crippen molar-refractivity contribution in [2.75, 3.05) is 20.6 Å². The summed E-state index contributed by atoms with van der Waals surface area (Å²) in [7, 11) is 4.00. The van der Waals surface area contributed by atoms with Gasteiger partial charge in [0.2, 0.25) is 0 Å². The monoisotopic (exact) mass is 364 g/mol. The molecule has 2 aromatic carbocycles. The first-order valence-corrected chi connectivity index (χ1v) is 8.68. The Kier molecular flexibility index (Phi) is 6.67. The second-order valence-corrected chi connectivity index (χ2v) is 6.80. The van der Waals surface area contributed by atoms with E-state index >= 15 is 0 Å². The Balaban J connectivity index is 2.14. The number of rotatable bonds is 6. The highest BCUT2D eigenvalue weighted by Crippen LogP contribution is 2.33. The molecule has 0 aromatic heterocycles. The third-order valence-electron chi connectivity index (χ3n) is 3.82. The summed E-state index contributed by atoms with van der Waals surface area (Å²) in [5.74, 6) is -0.0626. The number of halogens is 2. The van der Waals surface area contributed by atoms with Gasteiger partial charge in [0.15, 0.2) is 0 Å². The minimum Gasteiger partial charge on any atom is -0.348 e. The fourth-order valence-corrected chi connectivity index (χ4v) is 2.92. The Labute approximate surface area is 153 Å². The van der Waals surface area contributed by atoms with Crippen LogP contribution in [0.4, 0.5) is 0 Å². The quantitative estimate of drug-likeness (QED) is 0.803. The molecule has 5 heteroatoms. The number of hydrogen-bond donors (Lipinski definition) is 1. The lowest BCUT2D eigenvalue weighted by Gasteiger charge is -2.21. The zero-order valence-corrected chi connectivity index (χ0v) is 15.7. The van der Waals surface area contributed by atoms with Gasteiger partial charge in [-0.15, -0.1) is 0 Å². The number of carbonyl (C=O) groups is 1. The van der Waals surface area contributed by atoms with Crippen LogP contribution >= 0.6 is 23.2 Å². The predicted octanol–water partition coefficient (Wildman–Crippen LogP) is 4.73. The molecule has 128 valence electrons. The molecule has 2 aromatic rings. The number of carbonyl (C=O) groups excluding carboxylic acids is 1. The minimum absolute atomic E-state index is 0.0626. The van der Waals surface area contributed by atoms with Crippen LogP contribution in [0.25, 0.3) is 11.1 Å². The van der Waals surface area contributed by atoms with Crippen molar-refractivity contribution >= 4 is 29.1 Å². The van der Waals surface area contributed by atoms with Gasteiger partial charge in [0.25, 0.3) is 5.91 Å². The van der Waals surface area contributed by atoms with Gasteiger partial charge in [-0.2, -0.15) is 0 Å². The summed E-state index contributed by atoms with van der Waals surface area (Å²) in [6, 6.07) is 13.1. The predicted molar refractivity (Wildman–Crippen MR) is 102 cm³/mol. The van der Waals surface area contributed by atoms with Gasteiger partial charge in [-0.1, -0.05) is 54.4 Å². The molecule has 0 aliphatic carbocycles. The molecule has 0 bridgehead atoms. The third-order valence-corrected chi connectivity index (χ3v) is 4.64. The number of hydrogen-bond acceptors (Lipinski definition) is 2. The van der Waals surface area contributed by atoms with Crippen LogP contribution in [0, 0.1) is 0 Å².